The molecule has 0 radical (unpaired) electrons. The van der Waals surface area contributed by atoms with Gasteiger partial charge in [-0.2, -0.15) is 0 Å². The fourth-order valence-corrected chi connectivity index (χ4v) is 2.66. The van der Waals surface area contributed by atoms with Crippen molar-refractivity contribution < 1.29 is 14.3 Å². The van der Waals surface area contributed by atoms with Crippen LogP contribution in [0.4, 0.5) is 0 Å². The first kappa shape index (κ1) is 11.4. The summed E-state index contributed by atoms with van der Waals surface area (Å²) in [5.41, 5.74) is 0.0478. The molecule has 88 valence electrons. The summed E-state index contributed by atoms with van der Waals surface area (Å²) < 4.78 is 4.96. The number of ketones is 1. The van der Waals surface area contributed by atoms with E-state index in [-0.39, 0.29) is 11.7 Å². The van der Waals surface area contributed by atoms with E-state index < -0.39 is 11.5 Å². The molecule has 0 aliphatic heterocycles. The predicted molar refractivity (Wildman–Crippen MR) is 59.8 cm³/mol. The molecule has 3 heteroatoms. The zero-order valence-electron chi connectivity index (χ0n) is 9.77. The first-order valence-corrected chi connectivity index (χ1v) is 5.80. The third-order valence-electron chi connectivity index (χ3n) is 3.81. The average molecular weight is 222 g/mol. The van der Waals surface area contributed by atoms with Crippen molar-refractivity contribution >= 4 is 5.78 Å². The van der Waals surface area contributed by atoms with Crippen LogP contribution in [0.5, 0.6) is 0 Å². The summed E-state index contributed by atoms with van der Waals surface area (Å²) >= 11 is 0. The summed E-state index contributed by atoms with van der Waals surface area (Å²) in [6.45, 7) is 3.81. The Morgan fingerprint density at radius 2 is 2.38 bits per heavy atom. The number of carbonyl (C=O) groups excluding carboxylic acids is 1. The molecular formula is C13H18O3. The first-order valence-electron chi connectivity index (χ1n) is 5.80. The Labute approximate surface area is 95.5 Å². The molecule has 0 saturated heterocycles. The summed E-state index contributed by atoms with van der Waals surface area (Å²) in [5, 5.41) is 10.3. The van der Waals surface area contributed by atoms with Crippen molar-refractivity contribution in [2.45, 2.75) is 39.2 Å². The maximum absolute atomic E-state index is 12.2. The minimum Gasteiger partial charge on any atom is -0.472 e. The van der Waals surface area contributed by atoms with Crippen LogP contribution in [0.25, 0.3) is 0 Å². The summed E-state index contributed by atoms with van der Waals surface area (Å²) in [5.74, 6) is 0.229. The van der Waals surface area contributed by atoms with Gasteiger partial charge in [-0.1, -0.05) is 13.3 Å². The fourth-order valence-electron chi connectivity index (χ4n) is 2.66. The Bertz CT molecular complexity index is 369. The molecule has 1 aliphatic carbocycles. The fraction of sp³-hybridized carbons (Fsp3) is 0.615. The van der Waals surface area contributed by atoms with E-state index in [1.165, 1.54) is 12.5 Å². The summed E-state index contributed by atoms with van der Waals surface area (Å²) in [6.07, 6.45) is 4.98. The van der Waals surface area contributed by atoms with E-state index in [0.29, 0.717) is 5.56 Å². The van der Waals surface area contributed by atoms with E-state index in [4.69, 9.17) is 4.42 Å². The van der Waals surface area contributed by atoms with Gasteiger partial charge >= 0.3 is 0 Å². The van der Waals surface area contributed by atoms with Crippen molar-refractivity contribution in [3.63, 3.8) is 0 Å². The number of furan rings is 1. The number of rotatable bonds is 2. The second-order valence-corrected chi connectivity index (χ2v) is 5.03. The minimum absolute atomic E-state index is 0.0558. The standard InChI is InChI=1S/C13H18O3/c1-9-4-3-6-13(2,11(9)14)12(15)10-5-7-16-8-10/h5,7-9,12,15H,3-4,6H2,1-2H3/t9-,12+,13-/m0/s1. The lowest BCUT2D eigenvalue weighted by molar-refractivity contribution is -0.142. The van der Waals surface area contributed by atoms with Crippen molar-refractivity contribution in [1.82, 2.24) is 0 Å². The molecule has 1 aromatic heterocycles. The molecular weight excluding hydrogens is 204 g/mol. The summed E-state index contributed by atoms with van der Waals surface area (Å²) in [7, 11) is 0. The van der Waals surface area contributed by atoms with Gasteiger partial charge in [0.1, 0.15) is 5.78 Å². The molecule has 1 N–H and O–H groups in total. The number of carbonyl (C=O) groups is 1. The van der Waals surface area contributed by atoms with Gasteiger partial charge in [0, 0.05) is 11.5 Å². The van der Waals surface area contributed by atoms with Gasteiger partial charge in [-0.05, 0) is 25.8 Å². The SMILES string of the molecule is C[C@H]1CCC[C@](C)([C@H](O)c2ccoc2)C1=O. The molecule has 0 aromatic carbocycles. The topological polar surface area (TPSA) is 50.4 Å². The number of aliphatic hydroxyl groups excluding tert-OH is 1. The first-order chi connectivity index (χ1) is 7.55. The van der Waals surface area contributed by atoms with Crippen LogP contribution in [0.1, 0.15) is 44.8 Å². The monoisotopic (exact) mass is 222 g/mol. The zero-order chi connectivity index (χ0) is 11.8. The summed E-state index contributed by atoms with van der Waals surface area (Å²) in [6, 6.07) is 1.72. The molecule has 0 amide bonds. The van der Waals surface area contributed by atoms with E-state index in [1.54, 1.807) is 6.07 Å². The lowest BCUT2D eigenvalue weighted by atomic mass is 9.66. The van der Waals surface area contributed by atoms with Gasteiger partial charge < -0.3 is 9.52 Å². The van der Waals surface area contributed by atoms with Gasteiger partial charge in [0.15, 0.2) is 0 Å². The smallest absolute Gasteiger partial charge is 0.144 e. The second-order valence-electron chi connectivity index (χ2n) is 5.03. The zero-order valence-corrected chi connectivity index (χ0v) is 9.77. The average Bonchev–Trinajstić information content (AvgIpc) is 2.78. The quantitative estimate of drug-likeness (QED) is 0.837. The molecule has 1 fully saturated rings. The largest absolute Gasteiger partial charge is 0.472 e. The molecule has 1 heterocycles. The number of Topliss-reactive ketones (excluding diaryl/α,β-unsaturated/α-hetero) is 1. The minimum atomic E-state index is -0.749. The second kappa shape index (κ2) is 4.06. The van der Waals surface area contributed by atoms with Crippen molar-refractivity contribution in [3.05, 3.63) is 24.2 Å². The molecule has 16 heavy (non-hydrogen) atoms. The maximum Gasteiger partial charge on any atom is 0.144 e. The Morgan fingerprint density at radius 3 is 3.00 bits per heavy atom. The van der Waals surface area contributed by atoms with Crippen LogP contribution in [-0.4, -0.2) is 10.9 Å². The van der Waals surface area contributed by atoms with Crippen molar-refractivity contribution in [2.24, 2.45) is 11.3 Å². The Kier molecular flexibility index (Phi) is 2.89. The van der Waals surface area contributed by atoms with Crippen LogP contribution in [0, 0.1) is 11.3 Å². The molecule has 0 unspecified atom stereocenters. The highest BCUT2D eigenvalue weighted by molar-refractivity contribution is 5.87. The van der Waals surface area contributed by atoms with Gasteiger partial charge in [-0.15, -0.1) is 0 Å². The highest BCUT2D eigenvalue weighted by atomic mass is 16.3. The normalized spacial score (nSPS) is 32.7. The predicted octanol–water partition coefficient (Wildman–Crippen LogP) is 2.71. The summed E-state index contributed by atoms with van der Waals surface area (Å²) in [4.78, 5) is 12.2. The third-order valence-corrected chi connectivity index (χ3v) is 3.81. The van der Waals surface area contributed by atoms with E-state index in [9.17, 15) is 9.90 Å². The molecule has 1 aromatic rings. The van der Waals surface area contributed by atoms with E-state index in [1.807, 2.05) is 13.8 Å². The van der Waals surface area contributed by atoms with Crippen LogP contribution in [0.2, 0.25) is 0 Å². The molecule has 0 spiro atoms. The highest BCUT2D eigenvalue weighted by Gasteiger charge is 2.45. The van der Waals surface area contributed by atoms with E-state index >= 15 is 0 Å². The lowest BCUT2D eigenvalue weighted by Gasteiger charge is -2.38. The molecule has 0 bridgehead atoms. The number of hydrogen-bond donors (Lipinski definition) is 1. The molecule has 3 atom stereocenters. The van der Waals surface area contributed by atoms with Crippen molar-refractivity contribution in [2.75, 3.05) is 0 Å². The van der Waals surface area contributed by atoms with Gasteiger partial charge in [0.25, 0.3) is 0 Å². The molecule has 1 aliphatic rings. The Hall–Kier alpha value is -1.09. The molecule has 2 rings (SSSR count). The van der Waals surface area contributed by atoms with Crippen LogP contribution >= 0.6 is 0 Å². The number of aliphatic hydroxyl groups is 1. The molecule has 3 nitrogen and oxygen atoms in total. The Balaban J connectivity index is 2.27. The van der Waals surface area contributed by atoms with Gasteiger partial charge in [0.05, 0.1) is 24.0 Å². The van der Waals surface area contributed by atoms with E-state index in [0.717, 1.165) is 19.3 Å². The lowest BCUT2D eigenvalue weighted by Crippen LogP contribution is -2.41. The van der Waals surface area contributed by atoms with Crippen LogP contribution in [0.3, 0.4) is 0 Å². The van der Waals surface area contributed by atoms with Crippen molar-refractivity contribution in [1.29, 1.82) is 0 Å². The van der Waals surface area contributed by atoms with Crippen molar-refractivity contribution in [3.8, 4) is 0 Å². The van der Waals surface area contributed by atoms with Crippen LogP contribution < -0.4 is 0 Å². The molecule has 1 saturated carbocycles. The van der Waals surface area contributed by atoms with Gasteiger partial charge in [-0.3, -0.25) is 4.79 Å². The highest BCUT2D eigenvalue weighted by Crippen LogP contribution is 2.45. The number of hydrogen-bond acceptors (Lipinski definition) is 3. The van der Waals surface area contributed by atoms with Gasteiger partial charge in [-0.25, -0.2) is 0 Å². The Morgan fingerprint density at radius 1 is 1.62 bits per heavy atom. The van der Waals surface area contributed by atoms with Gasteiger partial charge in [0.2, 0.25) is 0 Å². The maximum atomic E-state index is 12.2. The third kappa shape index (κ3) is 1.69. The van der Waals surface area contributed by atoms with Crippen LogP contribution in [0.15, 0.2) is 23.0 Å². The van der Waals surface area contributed by atoms with Crippen LogP contribution in [-0.2, 0) is 4.79 Å². The van der Waals surface area contributed by atoms with E-state index in [2.05, 4.69) is 0 Å².